The number of amides is 4. The summed E-state index contributed by atoms with van der Waals surface area (Å²) in [6.07, 6.45) is -0.0127. The molecule has 5 N–H and O–H groups in total. The lowest BCUT2D eigenvalue weighted by Gasteiger charge is -2.29. The number of carbonyl (C=O) groups is 6. The second-order valence-corrected chi connectivity index (χ2v) is 9.37. The van der Waals surface area contributed by atoms with Gasteiger partial charge in [-0.05, 0) is 29.9 Å². The van der Waals surface area contributed by atoms with Crippen molar-refractivity contribution in [2.24, 2.45) is 5.92 Å². The van der Waals surface area contributed by atoms with Gasteiger partial charge in [-0.25, -0.2) is 4.79 Å². The number of nitrogens with one attached hydrogen (secondary N) is 3. The smallest absolute Gasteiger partial charge is 0.326 e. The summed E-state index contributed by atoms with van der Waals surface area (Å²) in [5.74, 6) is -5.41. The quantitative estimate of drug-likeness (QED) is 0.302. The van der Waals surface area contributed by atoms with Crippen LogP contribution in [0.1, 0.15) is 44.7 Å². The first-order valence-corrected chi connectivity index (χ1v) is 11.7. The maximum atomic E-state index is 13.7. The van der Waals surface area contributed by atoms with Gasteiger partial charge in [-0.3, -0.25) is 28.9 Å². The molecule has 1 aromatic carbocycles. The van der Waals surface area contributed by atoms with E-state index in [1.165, 1.54) is 11.8 Å². The van der Waals surface area contributed by atoms with Crippen molar-refractivity contribution in [3.8, 4) is 0 Å². The molecule has 0 radical (unpaired) electrons. The third kappa shape index (κ3) is 5.64. The Labute approximate surface area is 207 Å². The fraction of sp³-hybridized carbons (Fsp3) is 0.500. The van der Waals surface area contributed by atoms with Crippen molar-refractivity contribution in [2.45, 2.75) is 70.6 Å². The zero-order valence-corrected chi connectivity index (χ0v) is 20.2. The second kappa shape index (κ2) is 10.8. The predicted octanol–water partition coefficient (Wildman–Crippen LogP) is -0.420. The van der Waals surface area contributed by atoms with Gasteiger partial charge in [0.15, 0.2) is 0 Å². The van der Waals surface area contributed by atoms with Gasteiger partial charge in [0.1, 0.15) is 24.2 Å². The number of carbonyl (C=O) groups excluding carboxylic acids is 4. The minimum Gasteiger partial charge on any atom is -0.481 e. The van der Waals surface area contributed by atoms with Crippen molar-refractivity contribution in [2.75, 3.05) is 4.90 Å². The first kappa shape index (κ1) is 26.6. The molecule has 12 nitrogen and oxygen atoms in total. The molecule has 36 heavy (non-hydrogen) atoms. The number of carboxylic acids is 2. The molecule has 3 rings (SSSR count). The molecule has 12 heteroatoms. The minimum atomic E-state index is -1.67. The Bertz CT molecular complexity index is 1100. The molecule has 1 aromatic rings. The Hall–Kier alpha value is -3.96. The minimum absolute atomic E-state index is 0.112. The molecule has 0 aromatic heterocycles. The number of para-hydroxylation sites is 1. The second-order valence-electron chi connectivity index (χ2n) is 9.37. The molecule has 0 saturated heterocycles. The van der Waals surface area contributed by atoms with Crippen LogP contribution in [-0.2, 0) is 41.6 Å². The topological polar surface area (TPSA) is 182 Å². The monoisotopic (exact) mass is 502 g/mol. The van der Waals surface area contributed by atoms with Crippen LogP contribution in [0.4, 0.5) is 5.69 Å². The van der Waals surface area contributed by atoms with Gasteiger partial charge in [0.2, 0.25) is 23.6 Å². The SMILES string of the molecule is CC(=O)N[C@H](C(=O)N[C@H]1CCc2cccc3c2N(C1=O)[C@H](C(=O)N[C@@H](CC(=O)O)C(=O)O)C3)C(C)C. The number of hydrogen-bond acceptors (Lipinski definition) is 6. The Morgan fingerprint density at radius 2 is 1.75 bits per heavy atom. The van der Waals surface area contributed by atoms with Crippen molar-refractivity contribution >= 4 is 41.3 Å². The molecule has 0 fully saturated rings. The normalized spacial score (nSPS) is 20.1. The van der Waals surface area contributed by atoms with Gasteiger partial charge >= 0.3 is 11.9 Å². The van der Waals surface area contributed by atoms with E-state index < -0.39 is 66.2 Å². The van der Waals surface area contributed by atoms with Crippen molar-refractivity contribution in [1.29, 1.82) is 0 Å². The lowest BCUT2D eigenvalue weighted by molar-refractivity contribution is -0.147. The highest BCUT2D eigenvalue weighted by molar-refractivity contribution is 6.08. The number of aryl methyl sites for hydroxylation is 1. The predicted molar refractivity (Wildman–Crippen MR) is 126 cm³/mol. The van der Waals surface area contributed by atoms with Crippen LogP contribution in [0.2, 0.25) is 0 Å². The van der Waals surface area contributed by atoms with Gasteiger partial charge < -0.3 is 26.2 Å². The summed E-state index contributed by atoms with van der Waals surface area (Å²) in [5.41, 5.74) is 2.07. The number of benzene rings is 1. The molecule has 0 spiro atoms. The summed E-state index contributed by atoms with van der Waals surface area (Å²) < 4.78 is 0. The van der Waals surface area contributed by atoms with E-state index in [9.17, 15) is 33.9 Å². The molecule has 4 atom stereocenters. The molecule has 2 aliphatic heterocycles. The highest BCUT2D eigenvalue weighted by Gasteiger charge is 2.45. The Balaban J connectivity index is 1.89. The maximum Gasteiger partial charge on any atom is 0.326 e. The van der Waals surface area contributed by atoms with Gasteiger partial charge in [0.05, 0.1) is 12.1 Å². The van der Waals surface area contributed by atoms with Crippen molar-refractivity contribution < 1.29 is 39.0 Å². The number of anilines is 1. The molecule has 4 amide bonds. The molecule has 0 bridgehead atoms. The first-order chi connectivity index (χ1) is 16.9. The molecule has 0 aliphatic carbocycles. The molecular formula is C24H30N4O8. The Morgan fingerprint density at radius 1 is 1.08 bits per heavy atom. The van der Waals surface area contributed by atoms with Crippen LogP contribution in [0, 0.1) is 5.92 Å². The summed E-state index contributed by atoms with van der Waals surface area (Å²) in [4.78, 5) is 75.1. The fourth-order valence-corrected chi connectivity index (χ4v) is 4.63. The van der Waals surface area contributed by atoms with E-state index in [2.05, 4.69) is 16.0 Å². The Kier molecular flexibility index (Phi) is 7.96. The van der Waals surface area contributed by atoms with E-state index in [4.69, 9.17) is 5.11 Å². The van der Waals surface area contributed by atoms with Crippen LogP contribution in [0.25, 0.3) is 0 Å². The highest BCUT2D eigenvalue weighted by atomic mass is 16.4. The summed E-state index contributed by atoms with van der Waals surface area (Å²) in [6, 6.07) is 0.757. The molecule has 0 unspecified atom stereocenters. The van der Waals surface area contributed by atoms with E-state index in [0.717, 1.165) is 11.1 Å². The summed E-state index contributed by atoms with van der Waals surface area (Å²) in [7, 11) is 0. The third-order valence-corrected chi connectivity index (χ3v) is 6.33. The summed E-state index contributed by atoms with van der Waals surface area (Å²) >= 11 is 0. The van der Waals surface area contributed by atoms with Gasteiger partial charge in [0, 0.05) is 13.3 Å². The zero-order valence-electron chi connectivity index (χ0n) is 20.2. The van der Waals surface area contributed by atoms with E-state index in [0.29, 0.717) is 12.1 Å². The lowest BCUT2D eigenvalue weighted by atomic mass is 10.00. The molecule has 2 heterocycles. The fourth-order valence-electron chi connectivity index (χ4n) is 4.63. The summed E-state index contributed by atoms with van der Waals surface area (Å²) in [5, 5.41) is 25.8. The average molecular weight is 503 g/mol. The van der Waals surface area contributed by atoms with E-state index >= 15 is 0 Å². The number of nitrogens with zero attached hydrogens (tertiary/aromatic N) is 1. The number of carboxylic acid groups (broad SMARTS) is 2. The first-order valence-electron chi connectivity index (χ1n) is 11.7. The van der Waals surface area contributed by atoms with E-state index in [1.807, 2.05) is 6.07 Å². The Morgan fingerprint density at radius 3 is 2.33 bits per heavy atom. The van der Waals surface area contributed by atoms with E-state index in [-0.39, 0.29) is 18.8 Å². The highest BCUT2D eigenvalue weighted by Crippen LogP contribution is 2.39. The van der Waals surface area contributed by atoms with Crippen molar-refractivity contribution in [1.82, 2.24) is 16.0 Å². The maximum absolute atomic E-state index is 13.7. The van der Waals surface area contributed by atoms with Gasteiger partial charge in [0.25, 0.3) is 0 Å². The standard InChI is InChI=1S/C24H30N4O8/c1-11(2)19(25-12(3)29)22(33)26-15-8-7-13-5-4-6-14-9-17(28(20(13)14)23(15)34)21(32)27-16(24(35)36)10-18(30)31/h4-6,11,15-17,19H,7-10H2,1-3H3,(H,25,29)(H,26,33)(H,27,32)(H,30,31)(H,35,36)/t15-,16-,17-,19-/m0/s1. The number of aliphatic carboxylic acids is 2. The molecule has 2 aliphatic rings. The van der Waals surface area contributed by atoms with Crippen molar-refractivity contribution in [3.63, 3.8) is 0 Å². The third-order valence-electron chi connectivity index (χ3n) is 6.33. The number of rotatable bonds is 9. The van der Waals surface area contributed by atoms with Crippen LogP contribution in [0.15, 0.2) is 18.2 Å². The summed E-state index contributed by atoms with van der Waals surface area (Å²) in [6.45, 7) is 4.81. The van der Waals surface area contributed by atoms with Crippen LogP contribution in [0.3, 0.4) is 0 Å². The van der Waals surface area contributed by atoms with Gasteiger partial charge in [-0.15, -0.1) is 0 Å². The zero-order chi connectivity index (χ0) is 26.7. The van der Waals surface area contributed by atoms with Crippen molar-refractivity contribution in [3.05, 3.63) is 29.3 Å². The van der Waals surface area contributed by atoms with Crippen LogP contribution in [0.5, 0.6) is 0 Å². The van der Waals surface area contributed by atoms with Gasteiger partial charge in [-0.2, -0.15) is 0 Å². The average Bonchev–Trinajstić information content (AvgIpc) is 3.12. The molecule has 0 saturated carbocycles. The van der Waals surface area contributed by atoms with Crippen LogP contribution < -0.4 is 20.9 Å². The largest absolute Gasteiger partial charge is 0.481 e. The lowest BCUT2D eigenvalue weighted by Crippen LogP contribution is -2.58. The van der Waals surface area contributed by atoms with Crippen LogP contribution >= 0.6 is 0 Å². The van der Waals surface area contributed by atoms with Crippen LogP contribution in [-0.4, -0.2) is 69.9 Å². The van der Waals surface area contributed by atoms with E-state index in [1.54, 1.807) is 26.0 Å². The molecular weight excluding hydrogens is 472 g/mol. The van der Waals surface area contributed by atoms with Gasteiger partial charge in [-0.1, -0.05) is 32.0 Å². The number of hydrogen-bond donors (Lipinski definition) is 5. The molecule has 194 valence electrons.